The van der Waals surface area contributed by atoms with Crippen LogP contribution in [0.2, 0.25) is 0 Å². The zero-order valence-corrected chi connectivity index (χ0v) is 9.54. The predicted molar refractivity (Wildman–Crippen MR) is 66.3 cm³/mol. The van der Waals surface area contributed by atoms with Crippen LogP contribution in [0.25, 0.3) is 11.0 Å². The Bertz CT molecular complexity index is 617. The van der Waals surface area contributed by atoms with E-state index in [-0.39, 0.29) is 6.04 Å². The summed E-state index contributed by atoms with van der Waals surface area (Å²) in [5, 5.41) is 13.1. The molecule has 2 atom stereocenters. The molecule has 0 radical (unpaired) electrons. The maximum absolute atomic E-state index is 10.9. The van der Waals surface area contributed by atoms with E-state index < -0.39 is 11.9 Å². The van der Waals surface area contributed by atoms with Crippen molar-refractivity contribution in [2.75, 3.05) is 5.32 Å². The summed E-state index contributed by atoms with van der Waals surface area (Å²) in [4.78, 5) is 15.1. The van der Waals surface area contributed by atoms with E-state index in [9.17, 15) is 4.79 Å². The maximum Gasteiger partial charge on any atom is 0.310 e. The monoisotopic (exact) mass is 244 g/mol. The molecule has 92 valence electrons. The van der Waals surface area contributed by atoms with Gasteiger partial charge in [0.1, 0.15) is 11.4 Å². The summed E-state index contributed by atoms with van der Waals surface area (Å²) >= 11 is 0. The first-order valence-corrected chi connectivity index (χ1v) is 5.74. The maximum atomic E-state index is 10.9. The number of aliphatic carboxylic acids is 1. The van der Waals surface area contributed by atoms with E-state index in [0.717, 1.165) is 16.8 Å². The van der Waals surface area contributed by atoms with Crippen LogP contribution in [0.15, 0.2) is 41.2 Å². The lowest BCUT2D eigenvalue weighted by Crippen LogP contribution is -2.19. The van der Waals surface area contributed by atoms with Gasteiger partial charge in [-0.3, -0.25) is 4.79 Å². The number of furan rings is 1. The number of hydrogen-bond donors (Lipinski definition) is 2. The molecule has 0 fully saturated rings. The van der Waals surface area contributed by atoms with Crippen LogP contribution in [-0.2, 0) is 4.79 Å². The van der Waals surface area contributed by atoms with E-state index >= 15 is 0 Å². The Morgan fingerprint density at radius 2 is 2.33 bits per heavy atom. The molecule has 2 aromatic heterocycles. The lowest BCUT2D eigenvalue weighted by Gasteiger charge is -2.13. The quantitative estimate of drug-likeness (QED) is 0.810. The van der Waals surface area contributed by atoms with Crippen molar-refractivity contribution in [3.8, 4) is 0 Å². The zero-order valence-electron chi connectivity index (χ0n) is 9.54. The molecule has 0 aromatic carbocycles. The SMILES string of the molecule is O=C(O)C1C=CC(Nc2nccc3occc23)C1. The minimum atomic E-state index is -0.787. The summed E-state index contributed by atoms with van der Waals surface area (Å²) in [7, 11) is 0. The number of nitrogens with one attached hydrogen (secondary N) is 1. The number of carboxylic acids is 1. The molecule has 3 rings (SSSR count). The molecule has 18 heavy (non-hydrogen) atoms. The van der Waals surface area contributed by atoms with E-state index in [0.29, 0.717) is 6.42 Å². The van der Waals surface area contributed by atoms with Gasteiger partial charge in [-0.2, -0.15) is 0 Å². The second-order valence-corrected chi connectivity index (χ2v) is 4.31. The first kappa shape index (κ1) is 10.8. The molecule has 0 saturated heterocycles. The van der Waals surface area contributed by atoms with Crippen LogP contribution in [-0.4, -0.2) is 22.1 Å². The molecule has 0 aliphatic heterocycles. The summed E-state index contributed by atoms with van der Waals surface area (Å²) in [6.07, 6.45) is 7.42. The van der Waals surface area contributed by atoms with E-state index in [1.54, 1.807) is 24.6 Å². The van der Waals surface area contributed by atoms with Crippen LogP contribution in [0.3, 0.4) is 0 Å². The molecule has 5 heteroatoms. The van der Waals surface area contributed by atoms with Gasteiger partial charge in [0.05, 0.1) is 17.6 Å². The molecule has 1 aliphatic rings. The Balaban J connectivity index is 1.80. The fourth-order valence-electron chi connectivity index (χ4n) is 2.17. The molecule has 0 saturated carbocycles. The normalized spacial score (nSPS) is 22.4. The van der Waals surface area contributed by atoms with Crippen LogP contribution < -0.4 is 5.32 Å². The van der Waals surface area contributed by atoms with Gasteiger partial charge in [-0.25, -0.2) is 4.98 Å². The first-order chi connectivity index (χ1) is 8.74. The van der Waals surface area contributed by atoms with E-state index in [2.05, 4.69) is 10.3 Å². The molecular formula is C13H12N2O3. The second-order valence-electron chi connectivity index (χ2n) is 4.31. The number of aromatic nitrogens is 1. The fraction of sp³-hybridized carbons (Fsp3) is 0.231. The number of hydrogen-bond acceptors (Lipinski definition) is 4. The molecule has 2 unspecified atom stereocenters. The van der Waals surface area contributed by atoms with Gasteiger partial charge in [-0.1, -0.05) is 12.2 Å². The molecule has 0 spiro atoms. The largest absolute Gasteiger partial charge is 0.481 e. The minimum Gasteiger partial charge on any atom is -0.481 e. The number of pyridine rings is 1. The topological polar surface area (TPSA) is 75.4 Å². The third-order valence-electron chi connectivity index (χ3n) is 3.10. The van der Waals surface area contributed by atoms with Crippen molar-refractivity contribution in [2.45, 2.75) is 12.5 Å². The third-order valence-corrected chi connectivity index (χ3v) is 3.10. The van der Waals surface area contributed by atoms with Gasteiger partial charge in [0, 0.05) is 12.2 Å². The number of carbonyl (C=O) groups is 1. The Morgan fingerprint density at radius 1 is 1.44 bits per heavy atom. The summed E-state index contributed by atoms with van der Waals surface area (Å²) in [5.41, 5.74) is 0.768. The summed E-state index contributed by atoms with van der Waals surface area (Å²) in [6.45, 7) is 0. The number of fused-ring (bicyclic) bond motifs is 1. The average Bonchev–Trinajstić information content (AvgIpc) is 2.97. The van der Waals surface area contributed by atoms with Gasteiger partial charge >= 0.3 is 5.97 Å². The Morgan fingerprint density at radius 3 is 3.11 bits per heavy atom. The first-order valence-electron chi connectivity index (χ1n) is 5.74. The van der Waals surface area contributed by atoms with Gasteiger partial charge in [0.15, 0.2) is 0 Å². The van der Waals surface area contributed by atoms with Gasteiger partial charge in [-0.15, -0.1) is 0 Å². The third kappa shape index (κ3) is 1.84. The molecular weight excluding hydrogens is 232 g/mol. The highest BCUT2D eigenvalue weighted by molar-refractivity contribution is 5.88. The van der Waals surface area contributed by atoms with Crippen LogP contribution in [0.4, 0.5) is 5.82 Å². The highest BCUT2D eigenvalue weighted by Gasteiger charge is 2.24. The average molecular weight is 244 g/mol. The van der Waals surface area contributed by atoms with Gasteiger partial charge < -0.3 is 14.8 Å². The number of nitrogens with zero attached hydrogens (tertiary/aromatic N) is 1. The van der Waals surface area contributed by atoms with Crippen LogP contribution in [0, 0.1) is 5.92 Å². The van der Waals surface area contributed by atoms with Crippen molar-refractivity contribution < 1.29 is 14.3 Å². The zero-order chi connectivity index (χ0) is 12.5. The van der Waals surface area contributed by atoms with Gasteiger partial charge in [0.2, 0.25) is 0 Å². The number of carboxylic acid groups (broad SMARTS) is 1. The second kappa shape index (κ2) is 4.18. The lowest BCUT2D eigenvalue weighted by molar-refractivity contribution is -0.140. The predicted octanol–water partition coefficient (Wildman–Crippen LogP) is 2.27. The van der Waals surface area contributed by atoms with Gasteiger partial charge in [0.25, 0.3) is 0 Å². The van der Waals surface area contributed by atoms with Crippen molar-refractivity contribution in [2.24, 2.45) is 5.92 Å². The molecule has 1 aliphatic carbocycles. The van der Waals surface area contributed by atoms with Crippen molar-refractivity contribution >= 4 is 22.8 Å². The molecule has 0 amide bonds. The molecule has 2 N–H and O–H groups in total. The molecule has 2 aromatic rings. The smallest absolute Gasteiger partial charge is 0.310 e. The molecule has 0 bridgehead atoms. The van der Waals surface area contributed by atoms with Crippen molar-refractivity contribution in [1.82, 2.24) is 4.98 Å². The standard InChI is InChI=1S/C13H12N2O3/c16-13(17)8-1-2-9(7-8)15-12-10-4-6-18-11(10)3-5-14-12/h1-6,8-9H,7H2,(H,14,15)(H,16,17). The van der Waals surface area contributed by atoms with Crippen LogP contribution in [0.5, 0.6) is 0 Å². The van der Waals surface area contributed by atoms with E-state index in [4.69, 9.17) is 9.52 Å². The molecule has 5 nitrogen and oxygen atoms in total. The van der Waals surface area contributed by atoms with Crippen molar-refractivity contribution in [3.63, 3.8) is 0 Å². The number of rotatable bonds is 3. The number of anilines is 1. The van der Waals surface area contributed by atoms with Crippen LogP contribution in [0.1, 0.15) is 6.42 Å². The highest BCUT2D eigenvalue weighted by Crippen LogP contribution is 2.26. The Labute approximate surface area is 103 Å². The Kier molecular flexibility index (Phi) is 2.51. The van der Waals surface area contributed by atoms with Crippen molar-refractivity contribution in [1.29, 1.82) is 0 Å². The van der Waals surface area contributed by atoms with E-state index in [1.165, 1.54) is 0 Å². The minimum absolute atomic E-state index is 0.000833. The van der Waals surface area contributed by atoms with Crippen LogP contribution >= 0.6 is 0 Å². The summed E-state index contributed by atoms with van der Waals surface area (Å²) < 4.78 is 5.29. The van der Waals surface area contributed by atoms with E-state index in [1.807, 2.05) is 12.1 Å². The van der Waals surface area contributed by atoms with Gasteiger partial charge in [-0.05, 0) is 18.6 Å². The van der Waals surface area contributed by atoms with Crippen molar-refractivity contribution in [3.05, 3.63) is 36.7 Å². The summed E-state index contributed by atoms with van der Waals surface area (Å²) in [6, 6.07) is 3.64. The molecule has 2 heterocycles. The summed E-state index contributed by atoms with van der Waals surface area (Å²) in [5.74, 6) is -0.474. The Hall–Kier alpha value is -2.30. The highest BCUT2D eigenvalue weighted by atomic mass is 16.4. The fourth-order valence-corrected chi connectivity index (χ4v) is 2.17. The lowest BCUT2D eigenvalue weighted by atomic mass is 10.1.